The van der Waals surface area contributed by atoms with Crippen LogP contribution in [0.4, 0.5) is 4.39 Å². The SMILES string of the molecule is CN(C1CCOC1)C(CN)c1ccc(Br)cc1F. The summed E-state index contributed by atoms with van der Waals surface area (Å²) in [5, 5.41) is 0. The van der Waals surface area contributed by atoms with E-state index in [2.05, 4.69) is 20.8 Å². The summed E-state index contributed by atoms with van der Waals surface area (Å²) >= 11 is 3.27. The van der Waals surface area contributed by atoms with E-state index in [1.165, 1.54) is 6.07 Å². The van der Waals surface area contributed by atoms with Gasteiger partial charge in [0.2, 0.25) is 0 Å². The third-order valence-electron chi connectivity index (χ3n) is 3.52. The fourth-order valence-electron chi connectivity index (χ4n) is 2.38. The van der Waals surface area contributed by atoms with Crippen molar-refractivity contribution in [1.82, 2.24) is 4.90 Å². The maximum atomic E-state index is 14.0. The normalized spacial score (nSPS) is 21.5. The van der Waals surface area contributed by atoms with Crippen molar-refractivity contribution in [1.29, 1.82) is 0 Å². The van der Waals surface area contributed by atoms with Crippen LogP contribution in [0.1, 0.15) is 18.0 Å². The number of nitrogens with two attached hydrogens (primary N) is 1. The summed E-state index contributed by atoms with van der Waals surface area (Å²) in [7, 11) is 1.98. The molecule has 1 aromatic carbocycles. The number of hydrogen-bond acceptors (Lipinski definition) is 3. The molecule has 0 aliphatic carbocycles. The number of nitrogens with zero attached hydrogens (tertiary/aromatic N) is 1. The predicted octanol–water partition coefficient (Wildman–Crippen LogP) is 2.31. The second-order valence-electron chi connectivity index (χ2n) is 4.60. The Hall–Kier alpha value is -0.490. The molecular weight excluding hydrogens is 299 g/mol. The summed E-state index contributed by atoms with van der Waals surface area (Å²) in [5.74, 6) is -0.217. The molecule has 3 nitrogen and oxygen atoms in total. The first-order valence-corrected chi connectivity index (χ1v) is 6.87. The number of ether oxygens (including phenoxy) is 1. The lowest BCUT2D eigenvalue weighted by molar-refractivity contribution is 0.133. The summed E-state index contributed by atoms with van der Waals surface area (Å²) in [5.41, 5.74) is 6.47. The lowest BCUT2D eigenvalue weighted by Gasteiger charge is -2.32. The van der Waals surface area contributed by atoms with Gasteiger partial charge in [0.25, 0.3) is 0 Å². The van der Waals surface area contributed by atoms with E-state index in [9.17, 15) is 4.39 Å². The lowest BCUT2D eigenvalue weighted by atomic mass is 10.0. The van der Waals surface area contributed by atoms with E-state index in [0.717, 1.165) is 17.5 Å². The van der Waals surface area contributed by atoms with Gasteiger partial charge < -0.3 is 10.5 Å². The zero-order chi connectivity index (χ0) is 13.1. The Bertz CT molecular complexity index is 410. The monoisotopic (exact) mass is 316 g/mol. The molecule has 0 amide bonds. The van der Waals surface area contributed by atoms with Gasteiger partial charge in [-0.25, -0.2) is 4.39 Å². The molecule has 0 spiro atoms. The predicted molar refractivity (Wildman–Crippen MR) is 72.9 cm³/mol. The van der Waals surface area contributed by atoms with Crippen LogP contribution in [0, 0.1) is 5.82 Å². The highest BCUT2D eigenvalue weighted by atomic mass is 79.9. The van der Waals surface area contributed by atoms with E-state index in [1.54, 1.807) is 6.07 Å². The molecule has 100 valence electrons. The highest BCUT2D eigenvalue weighted by molar-refractivity contribution is 9.10. The standard InChI is InChI=1S/C13H18BrFN2O/c1-17(10-4-5-18-8-10)13(7-16)11-3-2-9(14)6-12(11)15/h2-3,6,10,13H,4-5,7-8,16H2,1H3. The van der Waals surface area contributed by atoms with Crippen molar-refractivity contribution in [2.24, 2.45) is 5.73 Å². The fourth-order valence-corrected chi connectivity index (χ4v) is 2.72. The molecule has 2 atom stereocenters. The van der Waals surface area contributed by atoms with Gasteiger partial charge in [0, 0.05) is 35.3 Å². The Kier molecular flexibility index (Phi) is 4.72. The van der Waals surface area contributed by atoms with E-state index < -0.39 is 0 Å². The molecule has 1 aromatic rings. The summed E-state index contributed by atoms with van der Waals surface area (Å²) in [6.07, 6.45) is 0.977. The van der Waals surface area contributed by atoms with E-state index in [0.29, 0.717) is 24.8 Å². The highest BCUT2D eigenvalue weighted by Gasteiger charge is 2.27. The number of benzene rings is 1. The Balaban J connectivity index is 2.21. The molecule has 0 radical (unpaired) electrons. The Morgan fingerprint density at radius 3 is 2.94 bits per heavy atom. The first-order chi connectivity index (χ1) is 8.63. The van der Waals surface area contributed by atoms with E-state index in [-0.39, 0.29) is 11.9 Å². The minimum absolute atomic E-state index is 0.107. The quantitative estimate of drug-likeness (QED) is 0.926. The van der Waals surface area contributed by atoms with Gasteiger partial charge in [0.15, 0.2) is 0 Å². The average Bonchev–Trinajstić information content (AvgIpc) is 2.86. The third kappa shape index (κ3) is 2.91. The smallest absolute Gasteiger partial charge is 0.129 e. The minimum Gasteiger partial charge on any atom is -0.380 e. The van der Waals surface area contributed by atoms with Crippen LogP contribution < -0.4 is 5.73 Å². The summed E-state index contributed by atoms with van der Waals surface area (Å²) in [6, 6.07) is 5.34. The Morgan fingerprint density at radius 1 is 1.61 bits per heavy atom. The van der Waals surface area contributed by atoms with Crippen LogP contribution in [0.25, 0.3) is 0 Å². The van der Waals surface area contributed by atoms with Gasteiger partial charge in [-0.1, -0.05) is 22.0 Å². The van der Waals surface area contributed by atoms with Gasteiger partial charge >= 0.3 is 0 Å². The maximum absolute atomic E-state index is 14.0. The van der Waals surface area contributed by atoms with Crippen molar-refractivity contribution in [2.45, 2.75) is 18.5 Å². The lowest BCUT2D eigenvalue weighted by Crippen LogP contribution is -2.39. The van der Waals surface area contributed by atoms with Gasteiger partial charge in [-0.2, -0.15) is 0 Å². The fraction of sp³-hybridized carbons (Fsp3) is 0.538. The van der Waals surface area contributed by atoms with E-state index in [4.69, 9.17) is 10.5 Å². The van der Waals surface area contributed by atoms with Crippen LogP contribution in [-0.4, -0.2) is 37.7 Å². The molecule has 2 N–H and O–H groups in total. The van der Waals surface area contributed by atoms with Crippen LogP contribution in [0.3, 0.4) is 0 Å². The number of likely N-dealkylation sites (N-methyl/N-ethyl adjacent to an activating group) is 1. The molecule has 1 aliphatic rings. The number of rotatable bonds is 4. The molecule has 0 saturated carbocycles. The molecule has 5 heteroatoms. The second-order valence-corrected chi connectivity index (χ2v) is 5.52. The van der Waals surface area contributed by atoms with Gasteiger partial charge in [-0.05, 0) is 25.6 Å². The second kappa shape index (κ2) is 6.10. The van der Waals surface area contributed by atoms with Crippen molar-refractivity contribution in [3.05, 3.63) is 34.1 Å². The van der Waals surface area contributed by atoms with Crippen LogP contribution in [0.5, 0.6) is 0 Å². The van der Waals surface area contributed by atoms with Crippen molar-refractivity contribution in [2.75, 3.05) is 26.8 Å². The molecule has 1 heterocycles. The molecule has 0 bridgehead atoms. The molecule has 2 rings (SSSR count). The summed E-state index contributed by atoms with van der Waals surface area (Å²) in [4.78, 5) is 2.12. The van der Waals surface area contributed by atoms with Crippen molar-refractivity contribution < 1.29 is 9.13 Å². The zero-order valence-corrected chi connectivity index (χ0v) is 12.0. The number of halogens is 2. The minimum atomic E-state index is -0.217. The zero-order valence-electron chi connectivity index (χ0n) is 10.4. The molecule has 1 saturated heterocycles. The third-order valence-corrected chi connectivity index (χ3v) is 4.01. The van der Waals surface area contributed by atoms with Crippen LogP contribution in [0.15, 0.2) is 22.7 Å². The maximum Gasteiger partial charge on any atom is 0.129 e. The first-order valence-electron chi connectivity index (χ1n) is 6.08. The largest absolute Gasteiger partial charge is 0.380 e. The molecule has 1 aliphatic heterocycles. The van der Waals surface area contributed by atoms with E-state index >= 15 is 0 Å². The number of hydrogen-bond donors (Lipinski definition) is 1. The van der Waals surface area contributed by atoms with Crippen molar-refractivity contribution >= 4 is 15.9 Å². The van der Waals surface area contributed by atoms with Gasteiger partial charge in [-0.3, -0.25) is 4.90 Å². The molecule has 0 aromatic heterocycles. The molecule has 2 unspecified atom stereocenters. The molecular formula is C13H18BrFN2O. The first kappa shape index (κ1) is 13.9. The Morgan fingerprint density at radius 2 is 2.39 bits per heavy atom. The van der Waals surface area contributed by atoms with Crippen molar-refractivity contribution in [3.63, 3.8) is 0 Å². The van der Waals surface area contributed by atoms with Gasteiger partial charge in [0.1, 0.15) is 5.82 Å². The van der Waals surface area contributed by atoms with Crippen molar-refractivity contribution in [3.8, 4) is 0 Å². The van der Waals surface area contributed by atoms with Gasteiger partial charge in [-0.15, -0.1) is 0 Å². The Labute approximate surface area is 115 Å². The topological polar surface area (TPSA) is 38.5 Å². The van der Waals surface area contributed by atoms with Crippen LogP contribution >= 0.6 is 15.9 Å². The summed E-state index contributed by atoms with van der Waals surface area (Å²) < 4.78 is 20.1. The van der Waals surface area contributed by atoms with E-state index in [1.807, 2.05) is 13.1 Å². The highest BCUT2D eigenvalue weighted by Crippen LogP contribution is 2.27. The van der Waals surface area contributed by atoms with Crippen LogP contribution in [0.2, 0.25) is 0 Å². The van der Waals surface area contributed by atoms with Crippen LogP contribution in [-0.2, 0) is 4.74 Å². The molecule has 1 fully saturated rings. The molecule has 18 heavy (non-hydrogen) atoms. The summed E-state index contributed by atoms with van der Waals surface area (Å²) in [6.45, 7) is 1.87. The average molecular weight is 317 g/mol. The van der Waals surface area contributed by atoms with Gasteiger partial charge in [0.05, 0.1) is 6.61 Å².